The summed E-state index contributed by atoms with van der Waals surface area (Å²) >= 11 is 0. The van der Waals surface area contributed by atoms with Crippen molar-refractivity contribution in [2.24, 2.45) is 11.1 Å². The molecule has 200 valence electrons. The predicted octanol–water partition coefficient (Wildman–Crippen LogP) is 4.69. The number of benzene rings is 2. The molecule has 1 aromatic heterocycles. The SMILES string of the molecule is COCC(=O)N(CCC(N)CF)C(c1nc(-c2cccc(F)c2)cn1Cc1cccc(O)c1)C(C)(C)C. The third kappa shape index (κ3) is 7.36. The van der Waals surface area contributed by atoms with E-state index in [4.69, 9.17) is 15.5 Å². The third-order valence-electron chi connectivity index (χ3n) is 6.09. The quantitative estimate of drug-likeness (QED) is 0.387. The maximum atomic E-state index is 14.1. The first-order valence-electron chi connectivity index (χ1n) is 12.2. The molecule has 0 fully saturated rings. The summed E-state index contributed by atoms with van der Waals surface area (Å²) in [4.78, 5) is 19.8. The highest BCUT2D eigenvalue weighted by atomic mass is 19.1. The van der Waals surface area contributed by atoms with Crippen molar-refractivity contribution in [1.29, 1.82) is 0 Å². The molecule has 1 heterocycles. The summed E-state index contributed by atoms with van der Waals surface area (Å²) in [6, 6.07) is 11.8. The largest absolute Gasteiger partial charge is 0.508 e. The second kappa shape index (κ2) is 12.3. The number of imidazole rings is 1. The van der Waals surface area contributed by atoms with Gasteiger partial charge in [0.2, 0.25) is 5.91 Å². The van der Waals surface area contributed by atoms with Crippen molar-refractivity contribution in [2.75, 3.05) is 26.9 Å². The molecule has 0 bridgehead atoms. The Labute approximate surface area is 216 Å². The zero-order chi connectivity index (χ0) is 27.2. The van der Waals surface area contributed by atoms with Gasteiger partial charge in [0.25, 0.3) is 0 Å². The summed E-state index contributed by atoms with van der Waals surface area (Å²) in [6.07, 6.45) is 2.09. The molecule has 3 N–H and O–H groups in total. The number of carbonyl (C=O) groups is 1. The van der Waals surface area contributed by atoms with Crippen LogP contribution in [-0.2, 0) is 16.1 Å². The molecule has 0 saturated carbocycles. The van der Waals surface area contributed by atoms with Crippen LogP contribution in [0.1, 0.15) is 44.6 Å². The van der Waals surface area contributed by atoms with Crippen molar-refractivity contribution in [3.8, 4) is 17.0 Å². The summed E-state index contributed by atoms with van der Waals surface area (Å²) < 4.78 is 34.3. The van der Waals surface area contributed by atoms with Crippen LogP contribution in [0.3, 0.4) is 0 Å². The van der Waals surface area contributed by atoms with E-state index in [1.807, 2.05) is 37.6 Å². The average molecular weight is 515 g/mol. The first kappa shape index (κ1) is 28.3. The lowest BCUT2D eigenvalue weighted by Crippen LogP contribution is -2.45. The summed E-state index contributed by atoms with van der Waals surface area (Å²) in [6.45, 7) is 5.71. The van der Waals surface area contributed by atoms with E-state index in [1.165, 1.54) is 19.2 Å². The number of rotatable bonds is 11. The molecule has 2 aromatic carbocycles. The van der Waals surface area contributed by atoms with Gasteiger partial charge in [0, 0.05) is 38.0 Å². The molecule has 1 amide bonds. The minimum absolute atomic E-state index is 0.133. The summed E-state index contributed by atoms with van der Waals surface area (Å²) in [7, 11) is 1.44. The number of aromatic hydroxyl groups is 1. The Morgan fingerprint density at radius 2 is 1.95 bits per heavy atom. The first-order valence-corrected chi connectivity index (χ1v) is 12.2. The fraction of sp³-hybridized carbons (Fsp3) is 0.429. The van der Waals surface area contributed by atoms with Crippen molar-refractivity contribution in [3.05, 3.63) is 71.9 Å². The van der Waals surface area contributed by atoms with Crippen LogP contribution in [0.2, 0.25) is 0 Å². The van der Waals surface area contributed by atoms with Crippen LogP contribution in [0.4, 0.5) is 8.78 Å². The number of methoxy groups -OCH3 is 1. The van der Waals surface area contributed by atoms with Crippen molar-refractivity contribution >= 4 is 5.91 Å². The van der Waals surface area contributed by atoms with Crippen molar-refractivity contribution in [3.63, 3.8) is 0 Å². The Kier molecular flexibility index (Phi) is 9.39. The van der Waals surface area contributed by atoms with Gasteiger partial charge < -0.3 is 25.0 Å². The van der Waals surface area contributed by atoms with Gasteiger partial charge in [0.05, 0.1) is 11.7 Å². The number of hydrogen-bond acceptors (Lipinski definition) is 5. The normalized spacial score (nSPS) is 13.4. The summed E-state index contributed by atoms with van der Waals surface area (Å²) in [5, 5.41) is 10.0. The molecule has 2 unspecified atom stereocenters. The summed E-state index contributed by atoms with van der Waals surface area (Å²) in [5.41, 5.74) is 7.33. The number of phenolic OH excluding ortho intramolecular Hbond substituents is 1. The molecule has 3 rings (SSSR count). The van der Waals surface area contributed by atoms with Gasteiger partial charge in [-0.2, -0.15) is 0 Å². The lowest BCUT2D eigenvalue weighted by Gasteiger charge is -2.40. The molecule has 7 nitrogen and oxygen atoms in total. The molecule has 0 aliphatic carbocycles. The van der Waals surface area contributed by atoms with Gasteiger partial charge in [-0.3, -0.25) is 4.79 Å². The van der Waals surface area contributed by atoms with Gasteiger partial charge in [-0.1, -0.05) is 45.0 Å². The van der Waals surface area contributed by atoms with E-state index >= 15 is 0 Å². The minimum atomic E-state index is -0.701. The Hall–Kier alpha value is -3.30. The minimum Gasteiger partial charge on any atom is -0.508 e. The number of phenols is 1. The standard InChI is InChI=1S/C28H36F2N4O3/c1-28(2,3)26(34(25(36)18-37-4)12-11-22(31)15-29)27-32-24(20-8-6-9-21(30)14-20)17-33(27)16-19-7-5-10-23(35)13-19/h5-10,13-14,17,22,26,35H,11-12,15-16,18,31H2,1-4H3. The number of halogens is 2. The molecule has 0 spiro atoms. The van der Waals surface area contributed by atoms with Crippen LogP contribution in [0.15, 0.2) is 54.7 Å². The number of alkyl halides is 1. The fourth-order valence-corrected chi connectivity index (χ4v) is 4.39. The van der Waals surface area contributed by atoms with Crippen LogP contribution in [0.25, 0.3) is 11.3 Å². The topological polar surface area (TPSA) is 93.6 Å². The van der Waals surface area contributed by atoms with E-state index < -0.39 is 24.2 Å². The number of nitrogens with zero attached hydrogens (tertiary/aromatic N) is 3. The van der Waals surface area contributed by atoms with E-state index in [0.29, 0.717) is 23.6 Å². The maximum Gasteiger partial charge on any atom is 0.249 e. The van der Waals surface area contributed by atoms with Crippen molar-refractivity contribution in [2.45, 2.75) is 45.8 Å². The lowest BCUT2D eigenvalue weighted by atomic mass is 9.84. The van der Waals surface area contributed by atoms with Crippen LogP contribution in [-0.4, -0.2) is 58.4 Å². The van der Waals surface area contributed by atoms with E-state index in [9.17, 15) is 18.7 Å². The monoisotopic (exact) mass is 514 g/mol. The molecule has 0 aliphatic rings. The second-order valence-electron chi connectivity index (χ2n) is 10.3. The number of carbonyl (C=O) groups excluding carboxylic acids is 1. The Balaban J connectivity index is 2.17. The summed E-state index contributed by atoms with van der Waals surface area (Å²) in [5.74, 6) is 0.0566. The molecule has 3 aromatic rings. The lowest BCUT2D eigenvalue weighted by molar-refractivity contribution is -0.140. The molecular formula is C28H36F2N4O3. The van der Waals surface area contributed by atoms with Crippen LogP contribution < -0.4 is 5.73 Å². The zero-order valence-corrected chi connectivity index (χ0v) is 21.8. The Morgan fingerprint density at radius 1 is 1.22 bits per heavy atom. The number of nitrogens with two attached hydrogens (primary N) is 1. The van der Waals surface area contributed by atoms with E-state index in [1.54, 1.807) is 35.2 Å². The van der Waals surface area contributed by atoms with Crippen LogP contribution in [0.5, 0.6) is 5.75 Å². The van der Waals surface area contributed by atoms with Gasteiger partial charge in [0.15, 0.2) is 0 Å². The fourth-order valence-electron chi connectivity index (χ4n) is 4.39. The van der Waals surface area contributed by atoms with Crippen molar-refractivity contribution < 1.29 is 23.4 Å². The molecule has 0 aliphatic heterocycles. The first-order chi connectivity index (χ1) is 17.5. The highest BCUT2D eigenvalue weighted by Crippen LogP contribution is 2.39. The van der Waals surface area contributed by atoms with E-state index in [-0.39, 0.29) is 37.0 Å². The average Bonchev–Trinajstić information content (AvgIpc) is 3.23. The van der Waals surface area contributed by atoms with Gasteiger partial charge >= 0.3 is 0 Å². The molecular weight excluding hydrogens is 478 g/mol. The van der Waals surface area contributed by atoms with Crippen molar-refractivity contribution in [1.82, 2.24) is 14.5 Å². The molecule has 2 atom stereocenters. The van der Waals surface area contributed by atoms with E-state index in [2.05, 4.69) is 0 Å². The highest BCUT2D eigenvalue weighted by Gasteiger charge is 2.38. The number of hydrogen-bond donors (Lipinski definition) is 2. The zero-order valence-electron chi connectivity index (χ0n) is 21.8. The number of ether oxygens (including phenoxy) is 1. The predicted molar refractivity (Wildman–Crippen MR) is 139 cm³/mol. The van der Waals surface area contributed by atoms with Crippen LogP contribution in [0, 0.1) is 11.2 Å². The van der Waals surface area contributed by atoms with E-state index in [0.717, 1.165) is 5.56 Å². The Morgan fingerprint density at radius 3 is 2.57 bits per heavy atom. The van der Waals surface area contributed by atoms with Gasteiger partial charge in [0.1, 0.15) is 30.7 Å². The highest BCUT2D eigenvalue weighted by molar-refractivity contribution is 5.78. The van der Waals surface area contributed by atoms with Gasteiger partial charge in [-0.05, 0) is 41.7 Å². The Bertz CT molecular complexity index is 1190. The molecule has 9 heteroatoms. The van der Waals surface area contributed by atoms with Gasteiger partial charge in [-0.25, -0.2) is 13.8 Å². The molecule has 0 saturated heterocycles. The third-order valence-corrected chi connectivity index (χ3v) is 6.09. The maximum absolute atomic E-state index is 14.1. The molecule has 37 heavy (non-hydrogen) atoms. The number of amides is 1. The smallest absolute Gasteiger partial charge is 0.249 e. The van der Waals surface area contributed by atoms with Gasteiger partial charge in [-0.15, -0.1) is 0 Å². The molecule has 0 radical (unpaired) electrons. The number of aromatic nitrogens is 2. The van der Waals surface area contributed by atoms with Crippen LogP contribution >= 0.6 is 0 Å². The second-order valence-corrected chi connectivity index (χ2v) is 10.3.